The summed E-state index contributed by atoms with van der Waals surface area (Å²) in [6.45, 7) is 6.00. The summed E-state index contributed by atoms with van der Waals surface area (Å²) in [7, 11) is 1.71. The van der Waals surface area contributed by atoms with Crippen molar-refractivity contribution in [3.05, 3.63) is 28.0 Å². The molecule has 0 aliphatic carbocycles. The molecule has 136 valence electrons. The van der Waals surface area contributed by atoms with Crippen molar-refractivity contribution in [2.75, 3.05) is 39.9 Å². The number of furan rings is 1. The Balaban J connectivity index is 1.59. The molecule has 0 saturated carbocycles. The van der Waals surface area contributed by atoms with E-state index in [0.29, 0.717) is 18.2 Å². The molecule has 0 radical (unpaired) electrons. The highest BCUT2D eigenvalue weighted by molar-refractivity contribution is 6.06. The van der Waals surface area contributed by atoms with E-state index in [1.807, 2.05) is 0 Å². The van der Waals surface area contributed by atoms with Gasteiger partial charge in [0.15, 0.2) is 0 Å². The van der Waals surface area contributed by atoms with E-state index in [1.54, 1.807) is 14.0 Å². The monoisotopic (exact) mass is 348 g/mol. The fourth-order valence-corrected chi connectivity index (χ4v) is 3.29. The van der Waals surface area contributed by atoms with E-state index < -0.39 is 0 Å². The molecule has 2 aromatic rings. The molecule has 1 aliphatic rings. The van der Waals surface area contributed by atoms with Gasteiger partial charge in [0.05, 0.1) is 18.5 Å². The number of methoxy groups -OCH3 is 1. The average molecular weight is 348 g/mol. The molecular weight excluding hydrogens is 324 g/mol. The van der Waals surface area contributed by atoms with Crippen molar-refractivity contribution >= 4 is 17.0 Å². The number of nitrogens with zero attached hydrogens (tertiary/aromatic N) is 2. The molecule has 1 aliphatic heterocycles. The first-order valence-electron chi connectivity index (χ1n) is 8.56. The van der Waals surface area contributed by atoms with E-state index in [0.717, 1.165) is 39.1 Å². The van der Waals surface area contributed by atoms with E-state index in [9.17, 15) is 9.59 Å². The topological polar surface area (TPSA) is 100 Å². The van der Waals surface area contributed by atoms with Gasteiger partial charge in [-0.2, -0.15) is 0 Å². The van der Waals surface area contributed by atoms with Crippen LogP contribution >= 0.6 is 0 Å². The van der Waals surface area contributed by atoms with Crippen LogP contribution in [-0.4, -0.2) is 60.7 Å². The summed E-state index contributed by atoms with van der Waals surface area (Å²) in [5.41, 5.74) is 0.109. The van der Waals surface area contributed by atoms with Crippen LogP contribution in [0.3, 0.4) is 0 Å². The number of fused-ring (bicyclic) bond motifs is 1. The summed E-state index contributed by atoms with van der Waals surface area (Å²) in [6, 6.07) is 0. The van der Waals surface area contributed by atoms with Crippen LogP contribution in [0, 0.1) is 12.8 Å². The van der Waals surface area contributed by atoms with E-state index in [2.05, 4.69) is 20.2 Å². The molecular formula is C17H24N4O4. The lowest BCUT2D eigenvalue weighted by atomic mass is 9.96. The maximum atomic E-state index is 12.6. The zero-order valence-corrected chi connectivity index (χ0v) is 14.6. The number of rotatable bonds is 6. The van der Waals surface area contributed by atoms with E-state index >= 15 is 0 Å². The first-order valence-corrected chi connectivity index (χ1v) is 8.56. The van der Waals surface area contributed by atoms with Crippen molar-refractivity contribution in [3.8, 4) is 0 Å². The Kier molecular flexibility index (Phi) is 5.50. The molecule has 8 nitrogen and oxygen atoms in total. The number of likely N-dealkylation sites (tertiary alicyclic amines) is 1. The largest absolute Gasteiger partial charge is 0.442 e. The Bertz CT molecular complexity index is 790. The van der Waals surface area contributed by atoms with Gasteiger partial charge in [-0.15, -0.1) is 0 Å². The average Bonchev–Trinajstić information content (AvgIpc) is 2.96. The molecule has 0 bridgehead atoms. The van der Waals surface area contributed by atoms with Crippen molar-refractivity contribution < 1.29 is 13.9 Å². The van der Waals surface area contributed by atoms with Gasteiger partial charge in [0.25, 0.3) is 11.5 Å². The van der Waals surface area contributed by atoms with Crippen molar-refractivity contribution in [1.82, 2.24) is 20.2 Å². The van der Waals surface area contributed by atoms with Gasteiger partial charge in [0.2, 0.25) is 5.71 Å². The molecule has 0 atom stereocenters. The number of hydrogen-bond donors (Lipinski definition) is 2. The van der Waals surface area contributed by atoms with Crippen molar-refractivity contribution in [2.24, 2.45) is 5.92 Å². The van der Waals surface area contributed by atoms with Gasteiger partial charge in [-0.1, -0.05) is 0 Å². The van der Waals surface area contributed by atoms with Crippen LogP contribution in [0.5, 0.6) is 0 Å². The molecule has 2 N–H and O–H groups in total. The fraction of sp³-hybridized carbons (Fsp3) is 0.588. The minimum Gasteiger partial charge on any atom is -0.442 e. The Morgan fingerprint density at radius 1 is 1.48 bits per heavy atom. The molecule has 0 aromatic carbocycles. The molecule has 3 heterocycles. The van der Waals surface area contributed by atoms with Gasteiger partial charge >= 0.3 is 0 Å². The highest BCUT2D eigenvalue weighted by Gasteiger charge is 2.24. The third-order valence-electron chi connectivity index (χ3n) is 4.77. The molecule has 0 spiro atoms. The first-order chi connectivity index (χ1) is 12.1. The van der Waals surface area contributed by atoms with E-state index in [-0.39, 0.29) is 28.1 Å². The van der Waals surface area contributed by atoms with Gasteiger partial charge in [-0.05, 0) is 38.8 Å². The van der Waals surface area contributed by atoms with E-state index in [1.165, 1.54) is 6.33 Å². The van der Waals surface area contributed by atoms with E-state index in [4.69, 9.17) is 9.15 Å². The number of piperidine rings is 1. The minimum atomic E-state index is -0.363. The quantitative estimate of drug-likeness (QED) is 0.805. The number of aryl methyl sites for hydroxylation is 1. The number of hydrogen-bond acceptors (Lipinski definition) is 6. The summed E-state index contributed by atoms with van der Waals surface area (Å²) in [4.78, 5) is 33.4. The summed E-state index contributed by atoms with van der Waals surface area (Å²) < 4.78 is 10.5. The third kappa shape index (κ3) is 3.91. The van der Waals surface area contributed by atoms with Gasteiger partial charge in [-0.3, -0.25) is 9.59 Å². The molecule has 2 aromatic heterocycles. The second-order valence-corrected chi connectivity index (χ2v) is 6.43. The highest BCUT2D eigenvalue weighted by atomic mass is 16.5. The predicted molar refractivity (Wildman–Crippen MR) is 92.7 cm³/mol. The molecule has 1 saturated heterocycles. The number of carbonyl (C=O) groups is 1. The van der Waals surface area contributed by atoms with Crippen LogP contribution < -0.4 is 10.9 Å². The lowest BCUT2D eigenvalue weighted by Crippen LogP contribution is -2.40. The molecule has 8 heteroatoms. The van der Waals surface area contributed by atoms with Crippen LogP contribution in [0.2, 0.25) is 0 Å². The van der Waals surface area contributed by atoms with Crippen LogP contribution in [-0.2, 0) is 4.74 Å². The Morgan fingerprint density at radius 2 is 2.24 bits per heavy atom. The molecule has 0 unspecified atom stereocenters. The Labute approximate surface area is 145 Å². The van der Waals surface area contributed by atoms with Crippen LogP contribution in [0.4, 0.5) is 0 Å². The van der Waals surface area contributed by atoms with Crippen LogP contribution in [0.15, 0.2) is 15.5 Å². The predicted octanol–water partition coefficient (Wildman–Crippen LogP) is 0.913. The zero-order chi connectivity index (χ0) is 17.8. The lowest BCUT2D eigenvalue weighted by Gasteiger charge is -2.31. The number of aromatic nitrogens is 2. The summed E-state index contributed by atoms with van der Waals surface area (Å²) >= 11 is 0. The molecule has 1 amide bonds. The van der Waals surface area contributed by atoms with Gasteiger partial charge in [0.1, 0.15) is 11.1 Å². The molecule has 1 fully saturated rings. The summed E-state index contributed by atoms with van der Waals surface area (Å²) in [5.74, 6) is 0.570. The Morgan fingerprint density at radius 3 is 2.96 bits per heavy atom. The van der Waals surface area contributed by atoms with Gasteiger partial charge in [0, 0.05) is 20.2 Å². The molecule has 3 rings (SSSR count). The number of H-pyrrole nitrogens is 1. The second-order valence-electron chi connectivity index (χ2n) is 6.43. The van der Waals surface area contributed by atoms with Gasteiger partial charge < -0.3 is 24.4 Å². The SMILES string of the molecule is COCCN1CCC(CNC(=O)c2c(C)oc3nc[nH]c(=O)c23)CC1. The summed E-state index contributed by atoms with van der Waals surface area (Å²) in [6.07, 6.45) is 3.35. The second kappa shape index (κ2) is 7.79. The van der Waals surface area contributed by atoms with Gasteiger partial charge in [-0.25, -0.2) is 4.98 Å². The minimum absolute atomic E-state index is 0.192. The highest BCUT2D eigenvalue weighted by Crippen LogP contribution is 2.21. The maximum Gasteiger partial charge on any atom is 0.262 e. The number of aromatic amines is 1. The number of nitrogens with one attached hydrogen (secondary N) is 2. The smallest absolute Gasteiger partial charge is 0.262 e. The first kappa shape index (κ1) is 17.6. The maximum absolute atomic E-state index is 12.6. The van der Waals surface area contributed by atoms with Crippen molar-refractivity contribution in [1.29, 1.82) is 0 Å². The third-order valence-corrected chi connectivity index (χ3v) is 4.77. The molecule has 25 heavy (non-hydrogen) atoms. The number of carbonyl (C=O) groups excluding carboxylic acids is 1. The summed E-state index contributed by atoms with van der Waals surface area (Å²) in [5, 5.41) is 3.16. The normalized spacial score (nSPS) is 16.4. The van der Waals surface area contributed by atoms with Crippen molar-refractivity contribution in [2.45, 2.75) is 19.8 Å². The standard InChI is InChI=1S/C17H24N4O4/c1-11-13(14-16(23)19-10-20-17(14)25-11)15(22)18-9-12-3-5-21(6-4-12)7-8-24-2/h10,12H,3-9H2,1-2H3,(H,18,22)(H,19,20,23). The number of amides is 1. The fourth-order valence-electron chi connectivity index (χ4n) is 3.29. The lowest BCUT2D eigenvalue weighted by molar-refractivity contribution is 0.0926. The zero-order valence-electron chi connectivity index (χ0n) is 14.6. The van der Waals surface area contributed by atoms with Crippen molar-refractivity contribution in [3.63, 3.8) is 0 Å². The Hall–Kier alpha value is -2.19. The van der Waals surface area contributed by atoms with Crippen LogP contribution in [0.25, 0.3) is 11.1 Å². The number of ether oxygens (including phenoxy) is 1. The van der Waals surface area contributed by atoms with Crippen LogP contribution in [0.1, 0.15) is 29.0 Å².